The summed E-state index contributed by atoms with van der Waals surface area (Å²) in [6.07, 6.45) is 3.73. The van der Waals surface area contributed by atoms with Gasteiger partial charge in [0.15, 0.2) is 5.78 Å². The summed E-state index contributed by atoms with van der Waals surface area (Å²) in [7, 11) is 2.12. The van der Waals surface area contributed by atoms with Gasteiger partial charge in [0.2, 0.25) is 11.8 Å². The van der Waals surface area contributed by atoms with Crippen molar-refractivity contribution >= 4 is 23.3 Å². The topological polar surface area (TPSA) is 96.2 Å². The van der Waals surface area contributed by atoms with Gasteiger partial charge in [0.25, 0.3) is 0 Å². The number of Topliss-reactive ketones (excluding diaryl/α,β-unsaturated/α-hetero) is 1. The number of ketones is 1. The molecule has 3 aliphatic heterocycles. The van der Waals surface area contributed by atoms with Crippen molar-refractivity contribution in [2.75, 3.05) is 51.3 Å². The second-order valence-corrected chi connectivity index (χ2v) is 12.6. The standard InChI is InChI=1S/C29H42N4O4/c1-29(2,3)22-16-33(25-23(34)17-37-26(22)25)28(36)24(18-7-5-6-8-18)21-15-19(9-10-20(21)27(30)35)32-13-11-31(4)12-14-32/h9-10,15,18,22,24-26H,5-8,11-14,16-17H2,1-4H3,(H2,30,35)/t22-,24+,25-,26-/m1/s1. The first kappa shape index (κ1) is 26.2. The molecule has 8 nitrogen and oxygen atoms in total. The summed E-state index contributed by atoms with van der Waals surface area (Å²) < 4.78 is 5.96. The van der Waals surface area contributed by atoms with E-state index < -0.39 is 17.9 Å². The average molecular weight is 511 g/mol. The second-order valence-electron chi connectivity index (χ2n) is 12.6. The van der Waals surface area contributed by atoms with Crippen LogP contribution in [0.3, 0.4) is 0 Å². The number of anilines is 1. The Morgan fingerprint density at radius 3 is 2.38 bits per heavy atom. The minimum absolute atomic E-state index is 0.0171. The molecule has 1 aromatic carbocycles. The van der Waals surface area contributed by atoms with Gasteiger partial charge in [-0.1, -0.05) is 33.6 Å². The number of carbonyl (C=O) groups is 3. The van der Waals surface area contributed by atoms with Crippen molar-refractivity contribution in [1.29, 1.82) is 0 Å². The van der Waals surface area contributed by atoms with Gasteiger partial charge in [-0.3, -0.25) is 14.4 Å². The first-order valence-electron chi connectivity index (χ1n) is 13.9. The number of nitrogens with two attached hydrogens (primary N) is 1. The average Bonchev–Trinajstić information content (AvgIpc) is 3.58. The molecule has 3 heterocycles. The van der Waals surface area contributed by atoms with Crippen molar-refractivity contribution in [1.82, 2.24) is 9.80 Å². The second kappa shape index (κ2) is 10.0. The lowest BCUT2D eigenvalue weighted by molar-refractivity contribution is -0.139. The van der Waals surface area contributed by atoms with Crippen LogP contribution in [0.5, 0.6) is 0 Å². The van der Waals surface area contributed by atoms with Crippen molar-refractivity contribution in [3.05, 3.63) is 29.3 Å². The van der Waals surface area contributed by atoms with E-state index in [9.17, 15) is 14.4 Å². The number of likely N-dealkylation sites (N-methyl/N-ethyl adjacent to an activating group) is 1. The molecule has 2 N–H and O–H groups in total. The van der Waals surface area contributed by atoms with Crippen LogP contribution in [0, 0.1) is 17.3 Å². The Kier molecular flexibility index (Phi) is 7.09. The lowest BCUT2D eigenvalue weighted by Crippen LogP contribution is -2.46. The third kappa shape index (κ3) is 4.90. The molecular weight excluding hydrogens is 468 g/mol. The smallest absolute Gasteiger partial charge is 0.249 e. The summed E-state index contributed by atoms with van der Waals surface area (Å²) in [6.45, 7) is 10.7. The highest BCUT2D eigenvalue weighted by atomic mass is 16.5. The van der Waals surface area contributed by atoms with E-state index in [0.717, 1.165) is 63.1 Å². The van der Waals surface area contributed by atoms with Crippen LogP contribution < -0.4 is 10.6 Å². The molecule has 0 radical (unpaired) electrons. The van der Waals surface area contributed by atoms with Crippen LogP contribution in [0.1, 0.15) is 68.3 Å². The summed E-state index contributed by atoms with van der Waals surface area (Å²) in [5.41, 5.74) is 7.94. The zero-order valence-electron chi connectivity index (χ0n) is 22.7. The van der Waals surface area contributed by atoms with Crippen LogP contribution >= 0.6 is 0 Å². The van der Waals surface area contributed by atoms with Crippen molar-refractivity contribution in [3.63, 3.8) is 0 Å². The van der Waals surface area contributed by atoms with Crippen molar-refractivity contribution in [3.8, 4) is 0 Å². The van der Waals surface area contributed by atoms with E-state index in [2.05, 4.69) is 37.6 Å². The monoisotopic (exact) mass is 510 g/mol. The molecule has 1 aliphatic carbocycles. The van der Waals surface area contributed by atoms with Crippen molar-refractivity contribution in [2.45, 2.75) is 64.5 Å². The minimum Gasteiger partial charge on any atom is -0.369 e. The Bertz CT molecular complexity index is 1050. The summed E-state index contributed by atoms with van der Waals surface area (Å²) >= 11 is 0. The minimum atomic E-state index is -0.543. The zero-order valence-corrected chi connectivity index (χ0v) is 22.7. The fraction of sp³-hybridized carbons (Fsp3) is 0.690. The van der Waals surface area contributed by atoms with Gasteiger partial charge < -0.3 is 25.2 Å². The summed E-state index contributed by atoms with van der Waals surface area (Å²) in [5, 5.41) is 0. The van der Waals surface area contributed by atoms with Crippen LogP contribution in [-0.4, -0.2) is 85.9 Å². The lowest BCUT2D eigenvalue weighted by Gasteiger charge is -2.36. The van der Waals surface area contributed by atoms with Gasteiger partial charge in [0.05, 0.1) is 12.0 Å². The maximum absolute atomic E-state index is 14.5. The summed E-state index contributed by atoms with van der Waals surface area (Å²) in [4.78, 5) is 46.6. The molecule has 3 saturated heterocycles. The number of carbonyl (C=O) groups excluding carboxylic acids is 3. The molecule has 0 aromatic heterocycles. The summed E-state index contributed by atoms with van der Waals surface area (Å²) in [5.74, 6) is -0.877. The maximum Gasteiger partial charge on any atom is 0.249 e. The number of benzene rings is 1. The van der Waals surface area contributed by atoms with Crippen LogP contribution in [-0.2, 0) is 14.3 Å². The molecule has 4 fully saturated rings. The molecule has 1 aromatic rings. The molecule has 8 heteroatoms. The van der Waals surface area contributed by atoms with E-state index in [1.807, 2.05) is 12.1 Å². The fourth-order valence-electron chi connectivity index (χ4n) is 7.00. The molecule has 5 rings (SSSR count). The van der Waals surface area contributed by atoms with Crippen molar-refractivity contribution in [2.24, 2.45) is 23.0 Å². The van der Waals surface area contributed by atoms with Crippen molar-refractivity contribution < 1.29 is 19.1 Å². The number of rotatable bonds is 5. The number of fused-ring (bicyclic) bond motifs is 1. The van der Waals surface area contributed by atoms with E-state index >= 15 is 0 Å². The lowest BCUT2D eigenvalue weighted by atomic mass is 9.78. The molecule has 0 bridgehead atoms. The van der Waals surface area contributed by atoms with Gasteiger partial charge >= 0.3 is 0 Å². The van der Waals surface area contributed by atoms with E-state index in [-0.39, 0.29) is 41.7 Å². The Morgan fingerprint density at radius 2 is 1.76 bits per heavy atom. The highest BCUT2D eigenvalue weighted by Crippen LogP contribution is 2.46. The number of nitrogens with zero attached hydrogens (tertiary/aromatic N) is 3. The van der Waals surface area contributed by atoms with Gasteiger partial charge in [-0.15, -0.1) is 0 Å². The molecule has 0 unspecified atom stereocenters. The molecule has 2 amide bonds. The Balaban J connectivity index is 1.55. The highest BCUT2D eigenvalue weighted by Gasteiger charge is 2.56. The van der Waals surface area contributed by atoms with E-state index in [4.69, 9.17) is 10.5 Å². The molecule has 4 aliphatic rings. The maximum atomic E-state index is 14.5. The number of hydrogen-bond acceptors (Lipinski definition) is 6. The SMILES string of the molecule is CN1CCN(c2ccc(C(N)=O)c([C@@H](C(=O)N3C[C@@H](C(C)(C)C)[C@H]4OCC(=O)[C@H]43)C3CCCC3)c2)CC1. The molecule has 1 saturated carbocycles. The zero-order chi connectivity index (χ0) is 26.5. The first-order chi connectivity index (χ1) is 17.6. The Labute approximate surface area is 220 Å². The number of piperazine rings is 1. The molecule has 37 heavy (non-hydrogen) atoms. The fourth-order valence-corrected chi connectivity index (χ4v) is 7.00. The first-order valence-corrected chi connectivity index (χ1v) is 13.9. The highest BCUT2D eigenvalue weighted by molar-refractivity contribution is 5.99. The number of primary amides is 1. The van der Waals surface area contributed by atoms with Crippen LogP contribution in [0.2, 0.25) is 0 Å². The van der Waals surface area contributed by atoms with Gasteiger partial charge in [0.1, 0.15) is 12.6 Å². The van der Waals surface area contributed by atoms with Gasteiger partial charge in [-0.05, 0) is 55.0 Å². The number of amides is 2. The van der Waals surface area contributed by atoms with Crippen LogP contribution in [0.4, 0.5) is 5.69 Å². The molecule has 0 spiro atoms. The predicted octanol–water partition coefficient (Wildman–Crippen LogP) is 2.65. The molecule has 202 valence electrons. The normalized spacial score (nSPS) is 28.1. The Morgan fingerprint density at radius 1 is 1.08 bits per heavy atom. The Hall–Kier alpha value is -2.45. The number of hydrogen-bond donors (Lipinski definition) is 1. The van der Waals surface area contributed by atoms with Crippen LogP contribution in [0.15, 0.2) is 18.2 Å². The summed E-state index contributed by atoms with van der Waals surface area (Å²) in [6, 6.07) is 5.25. The largest absolute Gasteiger partial charge is 0.369 e. The molecule has 4 atom stereocenters. The predicted molar refractivity (Wildman–Crippen MR) is 143 cm³/mol. The molecular formula is C29H42N4O4. The van der Waals surface area contributed by atoms with E-state index in [0.29, 0.717) is 12.1 Å². The quantitative estimate of drug-likeness (QED) is 0.654. The van der Waals surface area contributed by atoms with Gasteiger partial charge in [-0.25, -0.2) is 0 Å². The van der Waals surface area contributed by atoms with E-state index in [1.54, 1.807) is 11.0 Å². The van der Waals surface area contributed by atoms with E-state index in [1.165, 1.54) is 0 Å². The third-order valence-corrected chi connectivity index (χ3v) is 9.22. The van der Waals surface area contributed by atoms with Crippen LogP contribution in [0.25, 0.3) is 0 Å². The number of ether oxygens (including phenoxy) is 1. The van der Waals surface area contributed by atoms with Gasteiger partial charge in [0, 0.05) is 49.9 Å². The van der Waals surface area contributed by atoms with Gasteiger partial charge in [-0.2, -0.15) is 0 Å². The number of likely N-dealkylation sites (tertiary alicyclic amines) is 1. The third-order valence-electron chi connectivity index (χ3n) is 9.22.